The number of Topliss-reactive ketones (excluding diaryl/α,β-unsaturated/α-hetero) is 1. The van der Waals surface area contributed by atoms with Crippen LogP contribution in [0.2, 0.25) is 5.02 Å². The van der Waals surface area contributed by atoms with E-state index in [0.717, 1.165) is 15.4 Å². The zero-order valence-electron chi connectivity index (χ0n) is 17.6. The molecular formula is C24H19ClN2O4S. The lowest BCUT2D eigenvalue weighted by Crippen LogP contribution is -2.56. The Kier molecular flexibility index (Phi) is 4.32. The predicted molar refractivity (Wildman–Crippen MR) is 123 cm³/mol. The minimum atomic E-state index is -4.30. The van der Waals surface area contributed by atoms with Gasteiger partial charge in [0.15, 0.2) is 0 Å². The summed E-state index contributed by atoms with van der Waals surface area (Å²) in [7, 11) is -2.75. The van der Waals surface area contributed by atoms with Crippen LogP contribution < -0.4 is 9.21 Å². The van der Waals surface area contributed by atoms with E-state index in [1.165, 1.54) is 35.2 Å². The largest absolute Gasteiger partial charge is 0.312 e. The molecule has 8 heteroatoms. The number of carbonyl (C=O) groups excluding carboxylic acids is 2. The van der Waals surface area contributed by atoms with Crippen molar-refractivity contribution in [3.8, 4) is 0 Å². The van der Waals surface area contributed by atoms with E-state index in [1.54, 1.807) is 31.3 Å². The first kappa shape index (κ1) is 20.7. The number of hydrogen-bond donors (Lipinski definition) is 0. The summed E-state index contributed by atoms with van der Waals surface area (Å²) in [4.78, 5) is 29.0. The van der Waals surface area contributed by atoms with Crippen LogP contribution in [0, 0.1) is 13.8 Å². The first-order valence-electron chi connectivity index (χ1n) is 9.96. The number of hydrogen-bond acceptors (Lipinski definition) is 4. The highest BCUT2D eigenvalue weighted by molar-refractivity contribution is 7.93. The Morgan fingerprint density at radius 1 is 0.844 bits per heavy atom. The summed E-state index contributed by atoms with van der Waals surface area (Å²) in [6.45, 7) is 3.68. The first-order chi connectivity index (χ1) is 15.1. The molecule has 0 saturated heterocycles. The van der Waals surface area contributed by atoms with Crippen LogP contribution in [0.1, 0.15) is 27.0 Å². The maximum Gasteiger partial charge on any atom is 0.266 e. The van der Waals surface area contributed by atoms with E-state index in [9.17, 15) is 18.0 Å². The fourth-order valence-corrected chi connectivity index (χ4v) is 6.48. The van der Waals surface area contributed by atoms with Gasteiger partial charge in [-0.05, 0) is 50.2 Å². The normalized spacial score (nSPS) is 19.6. The molecule has 3 aromatic carbocycles. The summed E-state index contributed by atoms with van der Waals surface area (Å²) in [6.07, 6.45) is 0. The van der Waals surface area contributed by atoms with Crippen LogP contribution in [0.25, 0.3) is 0 Å². The van der Waals surface area contributed by atoms with Gasteiger partial charge in [-0.15, -0.1) is 0 Å². The van der Waals surface area contributed by atoms with E-state index in [0.29, 0.717) is 11.3 Å². The number of aryl methyl sites for hydroxylation is 2. The summed E-state index contributed by atoms with van der Waals surface area (Å²) in [6, 6.07) is 16.0. The lowest BCUT2D eigenvalue weighted by Gasteiger charge is -2.33. The van der Waals surface area contributed by atoms with Gasteiger partial charge in [-0.2, -0.15) is 0 Å². The van der Waals surface area contributed by atoms with E-state index in [-0.39, 0.29) is 21.2 Å². The van der Waals surface area contributed by atoms with E-state index in [1.807, 2.05) is 19.9 Å². The number of rotatable bonds is 2. The molecule has 0 aliphatic carbocycles. The van der Waals surface area contributed by atoms with Crippen molar-refractivity contribution in [2.24, 2.45) is 0 Å². The molecule has 162 valence electrons. The lowest BCUT2D eigenvalue weighted by molar-refractivity contribution is -0.120. The van der Waals surface area contributed by atoms with E-state index in [2.05, 4.69) is 0 Å². The molecular weight excluding hydrogens is 448 g/mol. The predicted octanol–water partition coefficient (Wildman–Crippen LogP) is 4.22. The third kappa shape index (κ3) is 2.49. The number of nitrogens with zero attached hydrogens (tertiary/aromatic N) is 2. The van der Waals surface area contributed by atoms with Crippen molar-refractivity contribution in [1.29, 1.82) is 0 Å². The zero-order chi connectivity index (χ0) is 23.0. The molecule has 0 N–H and O–H groups in total. The average Bonchev–Trinajstić information content (AvgIpc) is 3.13. The molecule has 1 amide bonds. The number of ketones is 1. The van der Waals surface area contributed by atoms with Gasteiger partial charge in [-0.1, -0.05) is 47.0 Å². The molecule has 0 saturated carbocycles. The van der Waals surface area contributed by atoms with Crippen molar-refractivity contribution in [2.45, 2.75) is 24.3 Å². The fourth-order valence-electron chi connectivity index (χ4n) is 4.58. The lowest BCUT2D eigenvalue weighted by atomic mass is 9.86. The Balaban J connectivity index is 1.89. The first-order valence-corrected chi connectivity index (χ1v) is 11.8. The second kappa shape index (κ2) is 6.67. The highest BCUT2D eigenvalue weighted by Crippen LogP contribution is 2.55. The summed E-state index contributed by atoms with van der Waals surface area (Å²) < 4.78 is 29.0. The molecule has 0 radical (unpaired) electrons. The number of carbonyl (C=O) groups is 2. The average molecular weight is 467 g/mol. The molecule has 2 heterocycles. The SMILES string of the molecule is Cc1ccc(S(=O)(=O)N2c3ccc(Cl)cc3C(=O)C23C(=O)N(C)c2ccc(C)cc23)cc1. The minimum Gasteiger partial charge on any atom is -0.312 e. The standard InChI is InChI=1S/C24H19ClN2O4S/c1-14-4-8-17(9-5-14)32(30,31)27-20-11-7-16(25)13-18(20)22(28)24(27)19-12-15(2)6-10-21(19)26(3)23(24)29/h4-13H,1-3H3. The van der Waals surface area contributed by atoms with Crippen molar-refractivity contribution in [2.75, 3.05) is 16.3 Å². The highest BCUT2D eigenvalue weighted by Gasteiger charge is 2.67. The maximum absolute atomic E-state index is 14.0. The molecule has 1 unspecified atom stereocenters. The van der Waals surface area contributed by atoms with E-state index >= 15 is 0 Å². The number of sulfonamides is 1. The number of halogens is 1. The van der Waals surface area contributed by atoms with Gasteiger partial charge in [0.1, 0.15) is 0 Å². The van der Waals surface area contributed by atoms with Crippen molar-refractivity contribution >= 4 is 44.7 Å². The van der Waals surface area contributed by atoms with Gasteiger partial charge in [0, 0.05) is 23.2 Å². The molecule has 2 aliphatic heterocycles. The van der Waals surface area contributed by atoms with Crippen LogP contribution in [0.5, 0.6) is 0 Å². The van der Waals surface area contributed by atoms with E-state index < -0.39 is 27.3 Å². The minimum absolute atomic E-state index is 0.00497. The Hall–Kier alpha value is -3.16. The Bertz CT molecular complexity index is 1430. The topological polar surface area (TPSA) is 74.8 Å². The number of benzene rings is 3. The molecule has 0 aromatic heterocycles. The number of amides is 1. The smallest absolute Gasteiger partial charge is 0.266 e. The van der Waals surface area contributed by atoms with Crippen molar-refractivity contribution in [3.05, 3.63) is 87.9 Å². The Morgan fingerprint density at radius 2 is 1.47 bits per heavy atom. The molecule has 1 spiro atoms. The van der Waals surface area contributed by atoms with Gasteiger partial charge in [0.2, 0.25) is 11.3 Å². The van der Waals surface area contributed by atoms with Crippen molar-refractivity contribution in [1.82, 2.24) is 0 Å². The van der Waals surface area contributed by atoms with Gasteiger partial charge in [0.05, 0.1) is 16.3 Å². The molecule has 32 heavy (non-hydrogen) atoms. The van der Waals surface area contributed by atoms with E-state index in [4.69, 9.17) is 11.6 Å². The maximum atomic E-state index is 14.0. The quantitative estimate of drug-likeness (QED) is 0.530. The third-order valence-corrected chi connectivity index (χ3v) is 8.19. The highest BCUT2D eigenvalue weighted by atomic mass is 35.5. The zero-order valence-corrected chi connectivity index (χ0v) is 19.2. The second-order valence-corrected chi connectivity index (χ2v) is 10.4. The van der Waals surface area contributed by atoms with Crippen LogP contribution >= 0.6 is 11.6 Å². The number of anilines is 2. The van der Waals surface area contributed by atoms with Gasteiger partial charge >= 0.3 is 0 Å². The van der Waals surface area contributed by atoms with Gasteiger partial charge < -0.3 is 4.90 Å². The third-order valence-electron chi connectivity index (χ3n) is 6.13. The summed E-state index contributed by atoms with van der Waals surface area (Å²) in [5.41, 5.74) is 0.712. The van der Waals surface area contributed by atoms with Crippen molar-refractivity contribution < 1.29 is 18.0 Å². The molecule has 1 atom stereocenters. The van der Waals surface area contributed by atoms with Gasteiger partial charge in [-0.25, -0.2) is 12.7 Å². The van der Waals surface area contributed by atoms with Crippen LogP contribution in [-0.2, 0) is 20.4 Å². The summed E-state index contributed by atoms with van der Waals surface area (Å²) in [5.74, 6) is -1.22. The molecule has 0 fully saturated rings. The summed E-state index contributed by atoms with van der Waals surface area (Å²) >= 11 is 6.16. The van der Waals surface area contributed by atoms with Gasteiger partial charge in [0.25, 0.3) is 15.9 Å². The summed E-state index contributed by atoms with van der Waals surface area (Å²) in [5, 5.41) is 0.283. The van der Waals surface area contributed by atoms with Gasteiger partial charge in [-0.3, -0.25) is 9.59 Å². The fraction of sp³-hybridized carbons (Fsp3) is 0.167. The monoisotopic (exact) mass is 466 g/mol. The number of likely N-dealkylation sites (N-methyl/N-ethyl adjacent to an activating group) is 1. The molecule has 2 aliphatic rings. The Morgan fingerprint density at radius 3 is 2.16 bits per heavy atom. The molecule has 5 rings (SSSR count). The van der Waals surface area contributed by atoms with Crippen molar-refractivity contribution in [3.63, 3.8) is 0 Å². The van der Waals surface area contributed by atoms with Crippen LogP contribution in [0.15, 0.2) is 65.6 Å². The second-order valence-electron chi connectivity index (χ2n) is 8.17. The molecule has 0 bridgehead atoms. The number of fused-ring (bicyclic) bond motifs is 3. The molecule has 3 aromatic rings. The van der Waals surface area contributed by atoms with Crippen LogP contribution in [-0.4, -0.2) is 27.2 Å². The molecule has 6 nitrogen and oxygen atoms in total. The van der Waals surface area contributed by atoms with Crippen LogP contribution in [0.4, 0.5) is 11.4 Å². The Labute approximate surface area is 191 Å². The van der Waals surface area contributed by atoms with Crippen LogP contribution in [0.3, 0.4) is 0 Å².